The first-order valence-corrected chi connectivity index (χ1v) is 7.87. The van der Waals surface area contributed by atoms with E-state index >= 15 is 0 Å². The number of carbonyl (C=O) groups excluding carboxylic acids is 1. The lowest BCUT2D eigenvalue weighted by atomic mass is 10.2. The number of carboxylic acids is 1. The molecule has 0 aromatic carbocycles. The number of carbonyl (C=O) groups is 2. The Labute approximate surface area is 122 Å². The number of nitrogens with one attached hydrogen (secondary N) is 1. The van der Waals surface area contributed by atoms with Crippen LogP contribution in [-0.4, -0.2) is 34.1 Å². The first-order chi connectivity index (χ1) is 9.61. The minimum Gasteiger partial charge on any atom is -0.480 e. The standard InChI is InChI=1S/C14H20N2O3S/c1-2-3-12(13(17)18)15-14(19)16(11-4-5-11)8-10-6-7-20-9-10/h6-7,9,11-12H,2-5,8H2,1H3,(H,15,19)(H,17,18)/t12-/m0/s1. The normalized spacial score (nSPS) is 15.7. The topological polar surface area (TPSA) is 69.6 Å². The van der Waals surface area contributed by atoms with E-state index in [0.717, 1.165) is 24.8 Å². The summed E-state index contributed by atoms with van der Waals surface area (Å²) < 4.78 is 0. The van der Waals surface area contributed by atoms with E-state index in [0.29, 0.717) is 13.0 Å². The fourth-order valence-corrected chi connectivity index (χ4v) is 2.77. The molecule has 1 aromatic heterocycles. The van der Waals surface area contributed by atoms with Gasteiger partial charge in [0, 0.05) is 12.6 Å². The number of hydrogen-bond donors (Lipinski definition) is 2. The summed E-state index contributed by atoms with van der Waals surface area (Å²) in [6.07, 6.45) is 3.19. The molecule has 1 fully saturated rings. The van der Waals surface area contributed by atoms with Crippen LogP contribution in [0, 0.1) is 0 Å². The fraction of sp³-hybridized carbons (Fsp3) is 0.571. The molecule has 110 valence electrons. The predicted molar refractivity (Wildman–Crippen MR) is 77.7 cm³/mol. The van der Waals surface area contributed by atoms with Crippen LogP contribution in [0.3, 0.4) is 0 Å². The number of urea groups is 1. The zero-order valence-corrected chi connectivity index (χ0v) is 12.4. The Balaban J connectivity index is 1.97. The smallest absolute Gasteiger partial charge is 0.326 e. The van der Waals surface area contributed by atoms with Gasteiger partial charge in [0.15, 0.2) is 0 Å². The van der Waals surface area contributed by atoms with Crippen molar-refractivity contribution in [3.05, 3.63) is 22.4 Å². The minimum absolute atomic E-state index is 0.256. The van der Waals surface area contributed by atoms with Gasteiger partial charge in [-0.05, 0) is 41.7 Å². The molecule has 1 saturated carbocycles. The largest absolute Gasteiger partial charge is 0.480 e. The SMILES string of the molecule is CCC[C@H](NC(=O)N(Cc1ccsc1)C1CC1)C(=O)O. The van der Waals surface area contributed by atoms with Gasteiger partial charge in [-0.25, -0.2) is 9.59 Å². The van der Waals surface area contributed by atoms with Crippen molar-refractivity contribution in [3.63, 3.8) is 0 Å². The van der Waals surface area contributed by atoms with Gasteiger partial charge < -0.3 is 15.3 Å². The molecule has 1 aliphatic rings. The summed E-state index contributed by atoms with van der Waals surface area (Å²) in [5, 5.41) is 15.8. The van der Waals surface area contributed by atoms with Gasteiger partial charge >= 0.3 is 12.0 Å². The Hall–Kier alpha value is -1.56. The summed E-state index contributed by atoms with van der Waals surface area (Å²) in [6, 6.07) is 1.19. The number of aliphatic carboxylic acids is 1. The fourth-order valence-electron chi connectivity index (χ4n) is 2.11. The summed E-state index contributed by atoms with van der Waals surface area (Å²) in [6.45, 7) is 2.46. The lowest BCUT2D eigenvalue weighted by Gasteiger charge is -2.24. The first-order valence-electron chi connectivity index (χ1n) is 6.92. The van der Waals surface area contributed by atoms with E-state index in [2.05, 4.69) is 5.32 Å². The number of amides is 2. The molecule has 1 aromatic rings. The number of hydrogen-bond acceptors (Lipinski definition) is 3. The third kappa shape index (κ3) is 3.96. The molecular weight excluding hydrogens is 276 g/mol. The predicted octanol–water partition coefficient (Wildman–Crippen LogP) is 2.68. The Morgan fingerprint density at radius 3 is 2.80 bits per heavy atom. The molecule has 0 bridgehead atoms. The van der Waals surface area contributed by atoms with Crippen LogP contribution in [0.2, 0.25) is 0 Å². The van der Waals surface area contributed by atoms with Crippen molar-refractivity contribution in [1.82, 2.24) is 10.2 Å². The number of nitrogens with zero attached hydrogens (tertiary/aromatic N) is 1. The van der Waals surface area contributed by atoms with Crippen LogP contribution in [0.5, 0.6) is 0 Å². The summed E-state index contributed by atoms with van der Waals surface area (Å²) >= 11 is 1.60. The molecule has 0 aliphatic heterocycles. The van der Waals surface area contributed by atoms with Crippen LogP contribution >= 0.6 is 11.3 Å². The van der Waals surface area contributed by atoms with Gasteiger partial charge in [0.05, 0.1) is 0 Å². The number of carboxylic acid groups (broad SMARTS) is 1. The molecule has 0 radical (unpaired) electrons. The number of rotatable bonds is 7. The molecule has 1 aliphatic carbocycles. The summed E-state index contributed by atoms with van der Waals surface area (Å²) in [5.41, 5.74) is 1.10. The third-order valence-electron chi connectivity index (χ3n) is 3.35. The maximum Gasteiger partial charge on any atom is 0.326 e. The van der Waals surface area contributed by atoms with Crippen molar-refractivity contribution in [1.29, 1.82) is 0 Å². The highest BCUT2D eigenvalue weighted by Crippen LogP contribution is 2.28. The van der Waals surface area contributed by atoms with Crippen molar-refractivity contribution in [3.8, 4) is 0 Å². The second-order valence-electron chi connectivity index (χ2n) is 5.12. The lowest BCUT2D eigenvalue weighted by molar-refractivity contribution is -0.139. The van der Waals surface area contributed by atoms with Crippen LogP contribution in [0.1, 0.15) is 38.2 Å². The molecule has 2 N–H and O–H groups in total. The van der Waals surface area contributed by atoms with Crippen LogP contribution in [-0.2, 0) is 11.3 Å². The van der Waals surface area contributed by atoms with Crippen molar-refractivity contribution < 1.29 is 14.7 Å². The van der Waals surface area contributed by atoms with Gasteiger partial charge in [-0.2, -0.15) is 11.3 Å². The van der Waals surface area contributed by atoms with Crippen LogP contribution in [0.15, 0.2) is 16.8 Å². The average Bonchev–Trinajstić information content (AvgIpc) is 3.12. The minimum atomic E-state index is -0.966. The maximum atomic E-state index is 12.3. The second kappa shape index (κ2) is 6.74. The summed E-state index contributed by atoms with van der Waals surface area (Å²) in [7, 11) is 0. The average molecular weight is 296 g/mol. The van der Waals surface area contributed by atoms with Gasteiger partial charge in [0.25, 0.3) is 0 Å². The zero-order chi connectivity index (χ0) is 14.5. The van der Waals surface area contributed by atoms with Gasteiger partial charge in [-0.15, -0.1) is 0 Å². The highest BCUT2D eigenvalue weighted by Gasteiger charge is 2.34. The number of thiophene rings is 1. The highest BCUT2D eigenvalue weighted by atomic mass is 32.1. The molecule has 1 heterocycles. The molecule has 2 rings (SSSR count). The highest BCUT2D eigenvalue weighted by molar-refractivity contribution is 7.07. The quantitative estimate of drug-likeness (QED) is 0.812. The zero-order valence-electron chi connectivity index (χ0n) is 11.5. The Bertz CT molecular complexity index is 457. The van der Waals surface area contributed by atoms with Gasteiger partial charge in [-0.3, -0.25) is 0 Å². The van der Waals surface area contributed by atoms with E-state index in [-0.39, 0.29) is 12.1 Å². The van der Waals surface area contributed by atoms with E-state index in [9.17, 15) is 9.59 Å². The summed E-state index contributed by atoms with van der Waals surface area (Å²) in [5.74, 6) is -0.966. The van der Waals surface area contributed by atoms with Crippen molar-refractivity contribution in [2.75, 3.05) is 0 Å². The van der Waals surface area contributed by atoms with Crippen molar-refractivity contribution >= 4 is 23.3 Å². The molecule has 0 spiro atoms. The van der Waals surface area contributed by atoms with Crippen molar-refractivity contribution in [2.24, 2.45) is 0 Å². The molecule has 1 atom stereocenters. The van der Waals surface area contributed by atoms with E-state index < -0.39 is 12.0 Å². The monoisotopic (exact) mass is 296 g/mol. The lowest BCUT2D eigenvalue weighted by Crippen LogP contribution is -2.48. The van der Waals surface area contributed by atoms with Gasteiger partial charge in [0.2, 0.25) is 0 Å². The van der Waals surface area contributed by atoms with Crippen LogP contribution in [0.4, 0.5) is 4.79 Å². The maximum absolute atomic E-state index is 12.3. The van der Waals surface area contributed by atoms with Crippen molar-refractivity contribution in [2.45, 2.75) is 51.2 Å². The van der Waals surface area contributed by atoms with E-state index in [4.69, 9.17) is 5.11 Å². The molecule has 20 heavy (non-hydrogen) atoms. The molecular formula is C14H20N2O3S. The summed E-state index contributed by atoms with van der Waals surface area (Å²) in [4.78, 5) is 25.2. The molecule has 2 amide bonds. The van der Waals surface area contributed by atoms with E-state index in [1.165, 1.54) is 0 Å². The molecule has 5 nitrogen and oxygen atoms in total. The Morgan fingerprint density at radius 2 is 2.30 bits per heavy atom. The molecule has 0 saturated heterocycles. The van der Waals surface area contributed by atoms with E-state index in [1.54, 1.807) is 16.2 Å². The molecule has 6 heteroatoms. The van der Waals surface area contributed by atoms with E-state index in [1.807, 2.05) is 23.8 Å². The Morgan fingerprint density at radius 1 is 1.55 bits per heavy atom. The first kappa shape index (κ1) is 14.8. The molecule has 0 unspecified atom stereocenters. The second-order valence-corrected chi connectivity index (χ2v) is 5.90. The van der Waals surface area contributed by atoms with Crippen LogP contribution < -0.4 is 5.32 Å². The van der Waals surface area contributed by atoms with Gasteiger partial charge in [0.1, 0.15) is 6.04 Å². The Kier molecular flexibility index (Phi) is 5.00. The third-order valence-corrected chi connectivity index (χ3v) is 4.09. The van der Waals surface area contributed by atoms with Gasteiger partial charge in [-0.1, -0.05) is 13.3 Å². The van der Waals surface area contributed by atoms with Crippen LogP contribution in [0.25, 0.3) is 0 Å².